The molecule has 1 fully saturated rings. The molecule has 0 radical (unpaired) electrons. The van der Waals surface area contributed by atoms with E-state index in [-0.39, 0.29) is 0 Å². The number of hydrogen-bond acceptors (Lipinski definition) is 1. The van der Waals surface area contributed by atoms with Gasteiger partial charge in [-0.25, -0.2) is 0 Å². The summed E-state index contributed by atoms with van der Waals surface area (Å²) >= 11 is 0. The molecular formula is C8H17BO. The van der Waals surface area contributed by atoms with Crippen molar-refractivity contribution in [2.24, 2.45) is 5.41 Å². The van der Waals surface area contributed by atoms with Crippen molar-refractivity contribution in [3.8, 4) is 0 Å². The van der Waals surface area contributed by atoms with E-state index >= 15 is 0 Å². The van der Waals surface area contributed by atoms with Crippen molar-refractivity contribution in [2.45, 2.75) is 46.4 Å². The fourth-order valence-corrected chi connectivity index (χ4v) is 1.44. The van der Waals surface area contributed by atoms with Crippen LogP contribution in [0.2, 0.25) is 13.1 Å². The van der Waals surface area contributed by atoms with Crippen molar-refractivity contribution >= 4 is 6.92 Å². The molecule has 0 aromatic carbocycles. The van der Waals surface area contributed by atoms with Gasteiger partial charge in [0, 0.05) is 6.10 Å². The lowest BCUT2D eigenvalue weighted by Crippen LogP contribution is -2.26. The van der Waals surface area contributed by atoms with Crippen molar-refractivity contribution in [1.82, 2.24) is 0 Å². The minimum atomic E-state index is 0.338. The molecule has 0 aromatic rings. The summed E-state index contributed by atoms with van der Waals surface area (Å²) in [4.78, 5) is 0. The third-order valence-electron chi connectivity index (χ3n) is 2.20. The molecule has 0 spiro atoms. The topological polar surface area (TPSA) is 9.23 Å². The van der Waals surface area contributed by atoms with E-state index in [0.717, 1.165) is 0 Å². The van der Waals surface area contributed by atoms with Gasteiger partial charge in [-0.15, -0.1) is 0 Å². The first-order valence-corrected chi connectivity index (χ1v) is 4.15. The van der Waals surface area contributed by atoms with Crippen LogP contribution in [0, 0.1) is 5.41 Å². The quantitative estimate of drug-likeness (QED) is 0.469. The van der Waals surface area contributed by atoms with Crippen LogP contribution >= 0.6 is 0 Å². The summed E-state index contributed by atoms with van der Waals surface area (Å²) in [6, 6.07) is 0. The zero-order valence-corrected chi connectivity index (χ0v) is 7.48. The predicted octanol–water partition coefficient (Wildman–Crippen LogP) is 2.44. The van der Waals surface area contributed by atoms with Crippen LogP contribution in [0.25, 0.3) is 0 Å². The van der Waals surface area contributed by atoms with E-state index in [1.807, 2.05) is 0 Å². The molecule has 2 heteroatoms. The molecule has 1 unspecified atom stereocenters. The van der Waals surface area contributed by atoms with E-state index in [0.29, 0.717) is 18.4 Å². The third kappa shape index (κ3) is 1.75. The Morgan fingerprint density at radius 1 is 1.40 bits per heavy atom. The van der Waals surface area contributed by atoms with Gasteiger partial charge in [0.15, 0.2) is 0 Å². The summed E-state index contributed by atoms with van der Waals surface area (Å²) in [5.74, 6) is 0. The van der Waals surface area contributed by atoms with Crippen LogP contribution in [0.3, 0.4) is 0 Å². The van der Waals surface area contributed by atoms with Crippen LogP contribution in [-0.4, -0.2) is 13.0 Å². The molecule has 0 aromatic heterocycles. The molecule has 1 aliphatic heterocycles. The fraction of sp³-hybridized carbons (Fsp3) is 1.00. The van der Waals surface area contributed by atoms with Crippen LogP contribution < -0.4 is 0 Å². The SMILES string of the molecule is CB1CCC(C(C)(C)C)O1. The van der Waals surface area contributed by atoms with Crippen LogP contribution in [0.4, 0.5) is 0 Å². The van der Waals surface area contributed by atoms with E-state index < -0.39 is 0 Å². The van der Waals surface area contributed by atoms with Gasteiger partial charge in [-0.05, 0) is 18.2 Å². The first-order valence-electron chi connectivity index (χ1n) is 4.15. The Morgan fingerprint density at radius 2 is 2.00 bits per heavy atom. The van der Waals surface area contributed by atoms with Crippen molar-refractivity contribution in [3.63, 3.8) is 0 Å². The lowest BCUT2D eigenvalue weighted by atomic mass is 9.69. The van der Waals surface area contributed by atoms with E-state index in [2.05, 4.69) is 27.6 Å². The van der Waals surface area contributed by atoms with Crippen molar-refractivity contribution < 1.29 is 4.65 Å². The second-order valence-corrected chi connectivity index (χ2v) is 4.38. The summed E-state index contributed by atoms with van der Waals surface area (Å²) in [6.45, 7) is 9.39. The van der Waals surface area contributed by atoms with Crippen molar-refractivity contribution in [3.05, 3.63) is 0 Å². The predicted molar refractivity (Wildman–Crippen MR) is 45.4 cm³/mol. The average Bonchev–Trinajstić information content (AvgIpc) is 2.11. The maximum Gasteiger partial charge on any atom is 0.290 e. The minimum Gasteiger partial charge on any atom is -0.433 e. The Kier molecular flexibility index (Phi) is 2.09. The molecule has 1 aliphatic rings. The Labute approximate surface area is 64.3 Å². The van der Waals surface area contributed by atoms with E-state index in [1.165, 1.54) is 12.7 Å². The van der Waals surface area contributed by atoms with Gasteiger partial charge in [-0.2, -0.15) is 0 Å². The molecule has 0 N–H and O–H groups in total. The van der Waals surface area contributed by atoms with Gasteiger partial charge in [-0.1, -0.05) is 27.6 Å². The highest BCUT2D eigenvalue weighted by Crippen LogP contribution is 2.32. The largest absolute Gasteiger partial charge is 0.433 e. The molecule has 1 saturated heterocycles. The van der Waals surface area contributed by atoms with Crippen LogP contribution in [0.15, 0.2) is 0 Å². The fourth-order valence-electron chi connectivity index (χ4n) is 1.44. The molecule has 0 bridgehead atoms. The molecule has 1 nitrogen and oxygen atoms in total. The smallest absolute Gasteiger partial charge is 0.290 e. The Morgan fingerprint density at radius 3 is 2.20 bits per heavy atom. The Bertz CT molecular complexity index is 117. The maximum atomic E-state index is 5.73. The van der Waals surface area contributed by atoms with Gasteiger partial charge in [0.25, 0.3) is 6.92 Å². The molecule has 1 heterocycles. The summed E-state index contributed by atoms with van der Waals surface area (Å²) in [5.41, 5.74) is 0.338. The molecule has 0 aliphatic carbocycles. The maximum absolute atomic E-state index is 5.73. The van der Waals surface area contributed by atoms with Gasteiger partial charge in [0.1, 0.15) is 0 Å². The lowest BCUT2D eigenvalue weighted by molar-refractivity contribution is 0.106. The van der Waals surface area contributed by atoms with E-state index in [9.17, 15) is 0 Å². The molecule has 0 amide bonds. The minimum absolute atomic E-state index is 0.338. The summed E-state index contributed by atoms with van der Waals surface area (Å²) in [6.07, 6.45) is 2.97. The van der Waals surface area contributed by atoms with E-state index in [4.69, 9.17) is 4.65 Å². The van der Waals surface area contributed by atoms with Crippen LogP contribution in [0.1, 0.15) is 27.2 Å². The molecule has 58 valence electrons. The van der Waals surface area contributed by atoms with Gasteiger partial charge in [-0.3, -0.25) is 0 Å². The molecule has 1 rings (SSSR count). The molecule has 10 heavy (non-hydrogen) atoms. The highest BCUT2D eigenvalue weighted by molar-refractivity contribution is 6.50. The van der Waals surface area contributed by atoms with Gasteiger partial charge >= 0.3 is 0 Å². The van der Waals surface area contributed by atoms with Crippen LogP contribution in [0.5, 0.6) is 0 Å². The molecule has 1 atom stereocenters. The first-order chi connectivity index (χ1) is 4.50. The molecule has 0 saturated carbocycles. The number of hydrogen-bond donors (Lipinski definition) is 0. The Balaban J connectivity index is 2.45. The van der Waals surface area contributed by atoms with Gasteiger partial charge in [0.2, 0.25) is 0 Å². The van der Waals surface area contributed by atoms with Gasteiger partial charge < -0.3 is 4.65 Å². The van der Waals surface area contributed by atoms with Gasteiger partial charge in [0.05, 0.1) is 0 Å². The third-order valence-corrected chi connectivity index (χ3v) is 2.20. The van der Waals surface area contributed by atoms with Crippen molar-refractivity contribution in [1.29, 1.82) is 0 Å². The zero-order chi connectivity index (χ0) is 7.78. The monoisotopic (exact) mass is 140 g/mol. The zero-order valence-electron chi connectivity index (χ0n) is 7.48. The second-order valence-electron chi connectivity index (χ2n) is 4.38. The van der Waals surface area contributed by atoms with E-state index in [1.54, 1.807) is 0 Å². The standard InChI is InChI=1S/C8H17BO/c1-8(2,3)7-5-6-9(4)10-7/h7H,5-6H2,1-4H3. The summed E-state index contributed by atoms with van der Waals surface area (Å²) in [5, 5.41) is 0. The molecular weight excluding hydrogens is 123 g/mol. The summed E-state index contributed by atoms with van der Waals surface area (Å²) < 4.78 is 5.73. The first kappa shape index (κ1) is 8.12. The van der Waals surface area contributed by atoms with Crippen LogP contribution in [-0.2, 0) is 4.65 Å². The highest BCUT2D eigenvalue weighted by atomic mass is 16.5. The number of rotatable bonds is 0. The second kappa shape index (κ2) is 2.57. The highest BCUT2D eigenvalue weighted by Gasteiger charge is 2.33. The van der Waals surface area contributed by atoms with Crippen molar-refractivity contribution in [2.75, 3.05) is 0 Å². The Hall–Kier alpha value is 0.0249. The normalized spacial score (nSPS) is 27.6. The summed E-state index contributed by atoms with van der Waals surface area (Å²) in [7, 11) is 0. The average molecular weight is 140 g/mol. The lowest BCUT2D eigenvalue weighted by Gasteiger charge is -2.27.